The van der Waals surface area contributed by atoms with Gasteiger partial charge in [0.25, 0.3) is 0 Å². The van der Waals surface area contributed by atoms with Gasteiger partial charge in [0, 0.05) is 11.8 Å². The lowest BCUT2D eigenvalue weighted by molar-refractivity contribution is 0.241. The zero-order valence-electron chi connectivity index (χ0n) is 12.1. The van der Waals surface area contributed by atoms with Crippen LogP contribution in [-0.4, -0.2) is 21.2 Å². The van der Waals surface area contributed by atoms with Crippen LogP contribution in [0.4, 0.5) is 10.8 Å². The molecule has 2 amide bonds. The summed E-state index contributed by atoms with van der Waals surface area (Å²) < 4.78 is 5.01. The minimum atomic E-state index is -0.435. The van der Waals surface area contributed by atoms with Crippen LogP contribution in [0.5, 0.6) is 0 Å². The fourth-order valence-corrected chi connectivity index (χ4v) is 1.81. The molecule has 2 aromatic heterocycles. The SMILES string of the molecule is O=C(NCc1ccccn1)NNc1nc(-c2ccccc2)no1. The van der Waals surface area contributed by atoms with Gasteiger partial charge in [-0.3, -0.25) is 4.98 Å². The zero-order valence-corrected chi connectivity index (χ0v) is 12.1. The van der Waals surface area contributed by atoms with Crippen LogP contribution in [0.3, 0.4) is 0 Å². The first kappa shape index (κ1) is 14.5. The number of pyridine rings is 1. The van der Waals surface area contributed by atoms with Crippen molar-refractivity contribution in [3.63, 3.8) is 0 Å². The zero-order chi connectivity index (χ0) is 15.9. The Morgan fingerprint density at radius 3 is 2.70 bits per heavy atom. The Hall–Kier alpha value is -3.42. The minimum absolute atomic E-state index is 0.0943. The van der Waals surface area contributed by atoms with E-state index in [2.05, 4.69) is 31.3 Å². The summed E-state index contributed by atoms with van der Waals surface area (Å²) in [5.74, 6) is 0.434. The van der Waals surface area contributed by atoms with E-state index in [0.717, 1.165) is 11.3 Å². The number of benzene rings is 1. The standard InChI is InChI=1S/C15H14N6O2/c22-14(17-10-12-8-4-5-9-16-12)19-20-15-18-13(21-23-15)11-6-2-1-3-7-11/h1-9H,10H2,(H2,17,19,22)(H,18,20,21). The maximum absolute atomic E-state index is 11.7. The summed E-state index contributed by atoms with van der Waals surface area (Å²) >= 11 is 0. The number of aromatic nitrogens is 3. The van der Waals surface area contributed by atoms with Crippen molar-refractivity contribution >= 4 is 12.0 Å². The van der Waals surface area contributed by atoms with Gasteiger partial charge in [-0.15, -0.1) is 0 Å². The quantitative estimate of drug-likeness (QED) is 0.622. The van der Waals surface area contributed by atoms with Crippen molar-refractivity contribution in [2.45, 2.75) is 6.54 Å². The Labute approximate surface area is 131 Å². The second kappa shape index (κ2) is 7.03. The fraction of sp³-hybridized carbons (Fsp3) is 0.0667. The van der Waals surface area contributed by atoms with Gasteiger partial charge in [0.2, 0.25) is 5.82 Å². The van der Waals surface area contributed by atoms with Crippen LogP contribution >= 0.6 is 0 Å². The average Bonchev–Trinajstić information content (AvgIpc) is 3.09. The summed E-state index contributed by atoms with van der Waals surface area (Å²) in [6.45, 7) is 0.313. The summed E-state index contributed by atoms with van der Waals surface area (Å²) in [6.07, 6.45) is 1.66. The number of nitrogens with one attached hydrogen (secondary N) is 3. The molecule has 0 atom stereocenters. The molecule has 8 heteroatoms. The molecule has 23 heavy (non-hydrogen) atoms. The molecule has 0 fully saturated rings. The molecule has 0 saturated heterocycles. The van der Waals surface area contributed by atoms with Gasteiger partial charge in [-0.25, -0.2) is 15.6 Å². The lowest BCUT2D eigenvalue weighted by Gasteiger charge is -2.06. The molecule has 0 spiro atoms. The van der Waals surface area contributed by atoms with E-state index < -0.39 is 6.03 Å². The van der Waals surface area contributed by atoms with Gasteiger partial charge in [-0.05, 0) is 12.1 Å². The van der Waals surface area contributed by atoms with E-state index in [4.69, 9.17) is 4.52 Å². The molecular weight excluding hydrogens is 296 g/mol. The van der Waals surface area contributed by atoms with Gasteiger partial charge in [0.15, 0.2) is 0 Å². The van der Waals surface area contributed by atoms with Gasteiger partial charge >= 0.3 is 12.0 Å². The molecule has 0 saturated carbocycles. The fourth-order valence-electron chi connectivity index (χ4n) is 1.81. The van der Waals surface area contributed by atoms with Crippen LogP contribution < -0.4 is 16.2 Å². The van der Waals surface area contributed by atoms with Gasteiger partial charge in [-0.1, -0.05) is 41.6 Å². The molecule has 3 aromatic rings. The first-order chi connectivity index (χ1) is 11.3. The highest BCUT2D eigenvalue weighted by molar-refractivity contribution is 5.74. The molecule has 1 aromatic carbocycles. The molecule has 0 aliphatic carbocycles. The number of hydrogen-bond donors (Lipinski definition) is 3. The van der Waals surface area contributed by atoms with Crippen LogP contribution in [0.15, 0.2) is 59.3 Å². The third kappa shape index (κ3) is 4.03. The molecule has 3 rings (SSSR count). The number of carbonyl (C=O) groups is 1. The first-order valence-electron chi connectivity index (χ1n) is 6.90. The lowest BCUT2D eigenvalue weighted by Crippen LogP contribution is -2.38. The molecule has 116 valence electrons. The topological polar surface area (TPSA) is 105 Å². The summed E-state index contributed by atoms with van der Waals surface area (Å²) in [5, 5.41) is 6.47. The van der Waals surface area contributed by atoms with E-state index in [1.54, 1.807) is 6.20 Å². The third-order valence-corrected chi connectivity index (χ3v) is 2.90. The molecule has 2 heterocycles. The van der Waals surface area contributed by atoms with Crippen LogP contribution in [-0.2, 0) is 6.54 Å². The van der Waals surface area contributed by atoms with Crippen molar-refractivity contribution in [1.29, 1.82) is 0 Å². The lowest BCUT2D eigenvalue weighted by atomic mass is 10.2. The van der Waals surface area contributed by atoms with E-state index in [1.165, 1.54) is 0 Å². The van der Waals surface area contributed by atoms with Crippen LogP contribution in [0.25, 0.3) is 11.4 Å². The second-order valence-corrected chi connectivity index (χ2v) is 4.54. The predicted molar refractivity (Wildman–Crippen MR) is 83.0 cm³/mol. The number of anilines is 1. The van der Waals surface area contributed by atoms with Crippen LogP contribution in [0, 0.1) is 0 Å². The summed E-state index contributed by atoms with van der Waals surface area (Å²) in [6, 6.07) is 14.5. The third-order valence-electron chi connectivity index (χ3n) is 2.90. The maximum atomic E-state index is 11.7. The highest BCUT2D eigenvalue weighted by atomic mass is 16.5. The summed E-state index contributed by atoms with van der Waals surface area (Å²) in [4.78, 5) is 19.9. The number of urea groups is 1. The molecule has 8 nitrogen and oxygen atoms in total. The molecule has 3 N–H and O–H groups in total. The van der Waals surface area contributed by atoms with Gasteiger partial charge in [-0.2, -0.15) is 4.98 Å². The van der Waals surface area contributed by atoms with Gasteiger partial charge < -0.3 is 9.84 Å². The molecule has 0 aliphatic heterocycles. The Bertz CT molecular complexity index is 760. The van der Waals surface area contributed by atoms with E-state index in [-0.39, 0.29) is 6.01 Å². The van der Waals surface area contributed by atoms with Crippen molar-refractivity contribution in [2.24, 2.45) is 0 Å². The van der Waals surface area contributed by atoms with Crippen LogP contribution in [0.2, 0.25) is 0 Å². The molecule has 0 unspecified atom stereocenters. The van der Waals surface area contributed by atoms with Crippen molar-refractivity contribution in [1.82, 2.24) is 25.9 Å². The van der Waals surface area contributed by atoms with Crippen molar-refractivity contribution < 1.29 is 9.32 Å². The Morgan fingerprint density at radius 2 is 1.91 bits per heavy atom. The van der Waals surface area contributed by atoms with E-state index in [9.17, 15) is 4.79 Å². The molecule has 0 radical (unpaired) electrons. The van der Waals surface area contributed by atoms with Crippen molar-refractivity contribution in [3.8, 4) is 11.4 Å². The molecule has 0 aliphatic rings. The number of hydrazine groups is 1. The Morgan fingerprint density at radius 1 is 1.09 bits per heavy atom. The maximum Gasteiger partial charge on any atom is 0.340 e. The summed E-state index contributed by atoms with van der Waals surface area (Å²) in [5.41, 5.74) is 6.54. The predicted octanol–water partition coefficient (Wildman–Crippen LogP) is 1.96. The number of nitrogens with zero attached hydrogens (tertiary/aromatic N) is 3. The summed E-state index contributed by atoms with van der Waals surface area (Å²) in [7, 11) is 0. The smallest absolute Gasteiger partial charge is 0.331 e. The Kier molecular flexibility index (Phi) is 4.44. The number of rotatable bonds is 5. The number of carbonyl (C=O) groups excluding carboxylic acids is 1. The molecule has 0 bridgehead atoms. The minimum Gasteiger partial charge on any atom is -0.331 e. The Balaban J connectivity index is 1.49. The van der Waals surface area contributed by atoms with Crippen LogP contribution in [0.1, 0.15) is 5.69 Å². The largest absolute Gasteiger partial charge is 0.340 e. The second-order valence-electron chi connectivity index (χ2n) is 4.54. The highest BCUT2D eigenvalue weighted by Gasteiger charge is 2.08. The van der Waals surface area contributed by atoms with Gasteiger partial charge in [0.1, 0.15) is 0 Å². The normalized spacial score (nSPS) is 10.1. The van der Waals surface area contributed by atoms with Gasteiger partial charge in [0.05, 0.1) is 12.2 Å². The highest BCUT2D eigenvalue weighted by Crippen LogP contribution is 2.16. The average molecular weight is 310 g/mol. The monoisotopic (exact) mass is 310 g/mol. The first-order valence-corrected chi connectivity index (χ1v) is 6.90. The van der Waals surface area contributed by atoms with E-state index in [1.807, 2.05) is 48.5 Å². The van der Waals surface area contributed by atoms with E-state index in [0.29, 0.717) is 12.4 Å². The van der Waals surface area contributed by atoms with E-state index >= 15 is 0 Å². The number of hydrogen-bond acceptors (Lipinski definition) is 6. The van der Waals surface area contributed by atoms with Crippen molar-refractivity contribution in [3.05, 3.63) is 60.4 Å². The molecular formula is C15H14N6O2. The number of amides is 2. The van der Waals surface area contributed by atoms with Crippen molar-refractivity contribution in [2.75, 3.05) is 5.43 Å².